The molecule has 1 saturated heterocycles. The van der Waals surface area contributed by atoms with E-state index < -0.39 is 0 Å². The van der Waals surface area contributed by atoms with Crippen molar-refractivity contribution >= 4 is 29.1 Å². The van der Waals surface area contributed by atoms with E-state index in [0.717, 1.165) is 35.6 Å². The molecule has 1 aliphatic heterocycles. The second-order valence-electron chi connectivity index (χ2n) is 6.34. The second-order valence-corrected chi connectivity index (χ2v) is 7.29. The molecule has 1 aromatic heterocycles. The predicted octanol–water partition coefficient (Wildman–Crippen LogP) is 2.69. The van der Waals surface area contributed by atoms with E-state index in [4.69, 9.17) is 0 Å². The molecule has 1 aromatic rings. The molecular formula is C16H20N2O3S. The van der Waals surface area contributed by atoms with Gasteiger partial charge in [0.1, 0.15) is 0 Å². The third-order valence-electron chi connectivity index (χ3n) is 4.51. The lowest BCUT2D eigenvalue weighted by Gasteiger charge is -2.19. The van der Waals surface area contributed by atoms with Crippen LogP contribution in [0.25, 0.3) is 0 Å². The molecule has 3 rings (SSSR count). The first-order chi connectivity index (χ1) is 10.5. The number of nitrogens with one attached hydrogen (secondary N) is 1. The summed E-state index contributed by atoms with van der Waals surface area (Å²) < 4.78 is 0. The molecule has 0 bridgehead atoms. The standard InChI is InChI=1S/C16H20N2O3S/c1-9(2)13-7-10(8-22-13)14(19)17-18-15(20)11-5-3-4-6-12(11)16(18)21/h7-9,11-12H,3-6H2,1-2H3,(H,17,19)/t11-,12+. The number of thiophene rings is 1. The van der Waals surface area contributed by atoms with Crippen molar-refractivity contribution < 1.29 is 14.4 Å². The molecule has 0 unspecified atom stereocenters. The Balaban J connectivity index is 1.73. The normalized spacial score (nSPS) is 24.8. The van der Waals surface area contributed by atoms with E-state index in [-0.39, 0.29) is 29.6 Å². The largest absolute Gasteiger partial charge is 0.272 e. The van der Waals surface area contributed by atoms with E-state index in [1.165, 1.54) is 11.3 Å². The number of imide groups is 1. The molecule has 22 heavy (non-hydrogen) atoms. The Morgan fingerprint density at radius 2 is 1.82 bits per heavy atom. The minimum atomic E-state index is -0.386. The van der Waals surface area contributed by atoms with Gasteiger partial charge in [0.2, 0.25) is 0 Å². The zero-order chi connectivity index (χ0) is 15.9. The lowest BCUT2D eigenvalue weighted by atomic mass is 9.81. The smallest absolute Gasteiger partial charge is 0.271 e. The summed E-state index contributed by atoms with van der Waals surface area (Å²) in [6.07, 6.45) is 3.45. The Bertz CT molecular complexity index is 599. The fraction of sp³-hybridized carbons (Fsp3) is 0.562. The Morgan fingerprint density at radius 3 is 2.32 bits per heavy atom. The summed E-state index contributed by atoms with van der Waals surface area (Å²) in [5, 5.41) is 2.72. The molecule has 118 valence electrons. The van der Waals surface area contributed by atoms with E-state index in [2.05, 4.69) is 19.3 Å². The average molecular weight is 320 g/mol. The molecule has 1 N–H and O–H groups in total. The summed E-state index contributed by atoms with van der Waals surface area (Å²) in [5.74, 6) is -1.01. The molecule has 1 aliphatic carbocycles. The molecule has 1 saturated carbocycles. The number of rotatable bonds is 3. The van der Waals surface area contributed by atoms with Crippen LogP contribution in [0.2, 0.25) is 0 Å². The van der Waals surface area contributed by atoms with Crippen molar-refractivity contribution in [2.24, 2.45) is 11.8 Å². The number of hydrogen-bond donors (Lipinski definition) is 1. The van der Waals surface area contributed by atoms with E-state index in [1.807, 2.05) is 6.07 Å². The Hall–Kier alpha value is -1.69. The van der Waals surface area contributed by atoms with Crippen LogP contribution >= 0.6 is 11.3 Å². The molecule has 5 nitrogen and oxygen atoms in total. The molecule has 0 spiro atoms. The Labute approximate surface area is 133 Å². The fourth-order valence-electron chi connectivity index (χ4n) is 3.21. The lowest BCUT2D eigenvalue weighted by Crippen LogP contribution is -2.46. The number of carbonyl (C=O) groups excluding carboxylic acids is 3. The molecule has 2 fully saturated rings. The van der Waals surface area contributed by atoms with Crippen molar-refractivity contribution in [3.8, 4) is 0 Å². The van der Waals surface area contributed by atoms with Crippen molar-refractivity contribution in [1.29, 1.82) is 0 Å². The van der Waals surface area contributed by atoms with Crippen molar-refractivity contribution in [2.75, 3.05) is 0 Å². The highest BCUT2D eigenvalue weighted by Crippen LogP contribution is 2.37. The first kappa shape index (κ1) is 15.2. The maximum Gasteiger partial charge on any atom is 0.271 e. The molecule has 2 atom stereocenters. The molecule has 2 aliphatic rings. The van der Waals surface area contributed by atoms with Gasteiger partial charge in [-0.25, -0.2) is 0 Å². The molecule has 0 radical (unpaired) electrons. The van der Waals surface area contributed by atoms with Crippen LogP contribution in [0.5, 0.6) is 0 Å². The molecular weight excluding hydrogens is 300 g/mol. The number of hydrogen-bond acceptors (Lipinski definition) is 4. The Morgan fingerprint density at radius 1 is 1.23 bits per heavy atom. The van der Waals surface area contributed by atoms with Gasteiger partial charge in [0.15, 0.2) is 0 Å². The quantitative estimate of drug-likeness (QED) is 0.871. The van der Waals surface area contributed by atoms with Gasteiger partial charge in [-0.1, -0.05) is 26.7 Å². The number of amides is 3. The van der Waals surface area contributed by atoms with Crippen molar-refractivity contribution in [1.82, 2.24) is 10.4 Å². The van der Waals surface area contributed by atoms with Crippen LogP contribution in [0.1, 0.15) is 60.7 Å². The maximum atomic E-state index is 12.3. The maximum absolute atomic E-state index is 12.3. The minimum Gasteiger partial charge on any atom is -0.272 e. The van der Waals surface area contributed by atoms with Gasteiger partial charge >= 0.3 is 0 Å². The summed E-state index contributed by atoms with van der Waals surface area (Å²) in [4.78, 5) is 38.0. The van der Waals surface area contributed by atoms with Crippen molar-refractivity contribution in [3.63, 3.8) is 0 Å². The SMILES string of the molecule is CC(C)c1cc(C(=O)NN2C(=O)[C@H]3CCCC[C@H]3C2=O)cs1. The highest BCUT2D eigenvalue weighted by Gasteiger charge is 2.49. The zero-order valence-corrected chi connectivity index (χ0v) is 13.6. The van der Waals surface area contributed by atoms with E-state index >= 15 is 0 Å². The number of nitrogens with zero attached hydrogens (tertiary/aromatic N) is 1. The minimum absolute atomic E-state index is 0.241. The summed E-state index contributed by atoms with van der Waals surface area (Å²) >= 11 is 1.52. The highest BCUT2D eigenvalue weighted by atomic mass is 32.1. The Kier molecular flexibility index (Phi) is 4.04. The van der Waals surface area contributed by atoms with Crippen molar-refractivity contribution in [3.05, 3.63) is 21.9 Å². The number of carbonyl (C=O) groups is 3. The van der Waals surface area contributed by atoms with E-state index in [1.54, 1.807) is 5.38 Å². The van der Waals surface area contributed by atoms with Gasteiger partial charge < -0.3 is 0 Å². The van der Waals surface area contributed by atoms with Gasteiger partial charge in [0.05, 0.1) is 17.4 Å². The highest BCUT2D eigenvalue weighted by molar-refractivity contribution is 7.10. The van der Waals surface area contributed by atoms with Gasteiger partial charge in [0, 0.05) is 10.3 Å². The summed E-state index contributed by atoms with van der Waals surface area (Å²) in [6, 6.07) is 1.82. The topological polar surface area (TPSA) is 66.5 Å². The van der Waals surface area contributed by atoms with Gasteiger partial charge in [-0.2, -0.15) is 5.01 Å². The molecule has 0 aromatic carbocycles. The van der Waals surface area contributed by atoms with Crippen LogP contribution in [0.15, 0.2) is 11.4 Å². The van der Waals surface area contributed by atoms with Crippen molar-refractivity contribution in [2.45, 2.75) is 45.4 Å². The average Bonchev–Trinajstić information content (AvgIpc) is 3.08. The van der Waals surface area contributed by atoms with E-state index in [0.29, 0.717) is 11.5 Å². The number of fused-ring (bicyclic) bond motifs is 1. The van der Waals surface area contributed by atoms with Crippen LogP contribution in [0.4, 0.5) is 0 Å². The van der Waals surface area contributed by atoms with Crippen LogP contribution in [0.3, 0.4) is 0 Å². The molecule has 2 heterocycles. The van der Waals surface area contributed by atoms with Gasteiger partial charge in [0.25, 0.3) is 17.7 Å². The van der Waals surface area contributed by atoms with Gasteiger partial charge in [-0.3, -0.25) is 19.8 Å². The van der Waals surface area contributed by atoms with Crippen LogP contribution in [0, 0.1) is 11.8 Å². The fourth-order valence-corrected chi connectivity index (χ4v) is 4.12. The summed E-state index contributed by atoms with van der Waals surface area (Å²) in [5.41, 5.74) is 3.01. The number of hydrazine groups is 1. The lowest BCUT2D eigenvalue weighted by molar-refractivity contribution is -0.142. The first-order valence-corrected chi connectivity index (χ1v) is 8.64. The summed E-state index contributed by atoms with van der Waals surface area (Å²) in [7, 11) is 0. The van der Waals surface area contributed by atoms with Crippen LogP contribution < -0.4 is 5.43 Å². The van der Waals surface area contributed by atoms with Gasteiger partial charge in [-0.05, 0) is 24.8 Å². The predicted molar refractivity (Wildman–Crippen MR) is 83.2 cm³/mol. The van der Waals surface area contributed by atoms with Crippen LogP contribution in [-0.2, 0) is 9.59 Å². The summed E-state index contributed by atoms with van der Waals surface area (Å²) in [6.45, 7) is 4.12. The van der Waals surface area contributed by atoms with E-state index in [9.17, 15) is 14.4 Å². The first-order valence-electron chi connectivity index (χ1n) is 7.76. The third kappa shape index (κ3) is 2.56. The molecule has 3 amide bonds. The monoisotopic (exact) mass is 320 g/mol. The van der Waals surface area contributed by atoms with Gasteiger partial charge in [-0.15, -0.1) is 11.3 Å². The third-order valence-corrected chi connectivity index (χ3v) is 5.74. The molecule has 6 heteroatoms. The second kappa shape index (κ2) is 5.83. The van der Waals surface area contributed by atoms with Crippen LogP contribution in [-0.4, -0.2) is 22.7 Å². The zero-order valence-electron chi connectivity index (χ0n) is 12.8.